The van der Waals surface area contributed by atoms with Crippen molar-refractivity contribution >= 4 is 11.9 Å². The van der Waals surface area contributed by atoms with Gasteiger partial charge in [-0.1, -0.05) is 13.8 Å². The van der Waals surface area contributed by atoms with Crippen LogP contribution in [-0.2, 0) is 19.1 Å². The Kier molecular flexibility index (Phi) is 5.55. The minimum atomic E-state index is -0.606. The summed E-state index contributed by atoms with van der Waals surface area (Å²) in [5.41, 5.74) is 0. The molecule has 6 nitrogen and oxygen atoms in total. The Morgan fingerprint density at radius 3 is 2.44 bits per heavy atom. The Morgan fingerprint density at radius 2 is 2.00 bits per heavy atom. The molecule has 0 aromatic heterocycles. The van der Waals surface area contributed by atoms with Gasteiger partial charge >= 0.3 is 5.97 Å². The van der Waals surface area contributed by atoms with Gasteiger partial charge < -0.3 is 20.1 Å². The fourth-order valence-electron chi connectivity index (χ4n) is 1.96. The second-order valence-corrected chi connectivity index (χ2v) is 4.81. The molecule has 0 spiro atoms. The Labute approximate surface area is 107 Å². The molecule has 3 unspecified atom stereocenters. The number of carbonyl (C=O) groups excluding carboxylic acids is 2. The predicted molar refractivity (Wildman–Crippen MR) is 66.0 cm³/mol. The number of amides is 1. The Bertz CT molecular complexity index is 306. The average molecular weight is 258 g/mol. The third-order valence-corrected chi connectivity index (χ3v) is 3.16. The van der Waals surface area contributed by atoms with Crippen molar-refractivity contribution in [2.45, 2.75) is 38.5 Å². The molecule has 104 valence electrons. The molecular formula is C12H22N2O4. The zero-order valence-corrected chi connectivity index (χ0v) is 11.4. The van der Waals surface area contributed by atoms with Gasteiger partial charge in [-0.3, -0.25) is 4.79 Å². The summed E-state index contributed by atoms with van der Waals surface area (Å²) in [5, 5.41) is 5.79. The first-order valence-electron chi connectivity index (χ1n) is 6.14. The molecule has 0 aromatic carbocycles. The molecule has 2 N–H and O–H groups in total. The molecule has 1 amide bonds. The number of esters is 1. The third kappa shape index (κ3) is 3.68. The van der Waals surface area contributed by atoms with Crippen LogP contribution < -0.4 is 10.6 Å². The van der Waals surface area contributed by atoms with E-state index in [9.17, 15) is 9.59 Å². The first-order chi connectivity index (χ1) is 8.49. The van der Waals surface area contributed by atoms with Crippen LogP contribution in [0.3, 0.4) is 0 Å². The van der Waals surface area contributed by atoms with Crippen LogP contribution in [0.2, 0.25) is 0 Å². The van der Waals surface area contributed by atoms with Crippen molar-refractivity contribution in [3.63, 3.8) is 0 Å². The van der Waals surface area contributed by atoms with Crippen LogP contribution in [0.5, 0.6) is 0 Å². The number of hydrogen-bond acceptors (Lipinski definition) is 5. The van der Waals surface area contributed by atoms with E-state index in [-0.39, 0.29) is 24.0 Å². The zero-order chi connectivity index (χ0) is 13.7. The quantitative estimate of drug-likeness (QED) is 0.661. The van der Waals surface area contributed by atoms with Gasteiger partial charge in [0.1, 0.15) is 6.04 Å². The van der Waals surface area contributed by atoms with Crippen molar-refractivity contribution in [3.8, 4) is 0 Å². The summed E-state index contributed by atoms with van der Waals surface area (Å²) >= 11 is 0. The molecule has 1 rings (SSSR count). The van der Waals surface area contributed by atoms with Crippen molar-refractivity contribution in [2.24, 2.45) is 5.92 Å². The minimum absolute atomic E-state index is 0.0129. The summed E-state index contributed by atoms with van der Waals surface area (Å²) in [4.78, 5) is 23.5. The van der Waals surface area contributed by atoms with E-state index < -0.39 is 12.0 Å². The number of rotatable bonds is 5. The van der Waals surface area contributed by atoms with E-state index in [0.29, 0.717) is 13.0 Å². The summed E-state index contributed by atoms with van der Waals surface area (Å²) in [5.74, 6) is -0.612. The van der Waals surface area contributed by atoms with Crippen LogP contribution in [0.1, 0.15) is 20.3 Å². The predicted octanol–water partition coefficient (Wildman–Crippen LogP) is -0.323. The first kappa shape index (κ1) is 14.9. The van der Waals surface area contributed by atoms with Gasteiger partial charge in [0.05, 0.1) is 19.3 Å². The fraction of sp³-hybridized carbons (Fsp3) is 0.833. The van der Waals surface area contributed by atoms with Gasteiger partial charge in [-0.15, -0.1) is 0 Å². The van der Waals surface area contributed by atoms with E-state index in [1.165, 1.54) is 7.11 Å². The lowest BCUT2D eigenvalue weighted by atomic mass is 10.0. The van der Waals surface area contributed by atoms with Crippen LogP contribution in [0, 0.1) is 5.92 Å². The highest BCUT2D eigenvalue weighted by molar-refractivity contribution is 5.87. The molecule has 6 heteroatoms. The van der Waals surface area contributed by atoms with Gasteiger partial charge in [0, 0.05) is 13.7 Å². The van der Waals surface area contributed by atoms with Crippen molar-refractivity contribution in [1.29, 1.82) is 0 Å². The number of methoxy groups -OCH3 is 2. The molecule has 0 saturated carbocycles. The van der Waals surface area contributed by atoms with Gasteiger partial charge in [0.2, 0.25) is 5.91 Å². The molecule has 3 atom stereocenters. The van der Waals surface area contributed by atoms with Crippen molar-refractivity contribution < 1.29 is 19.1 Å². The summed E-state index contributed by atoms with van der Waals surface area (Å²) in [7, 11) is 2.94. The van der Waals surface area contributed by atoms with Gasteiger partial charge in [-0.2, -0.15) is 0 Å². The highest BCUT2D eigenvalue weighted by Crippen LogP contribution is 2.11. The minimum Gasteiger partial charge on any atom is -0.467 e. The maximum Gasteiger partial charge on any atom is 0.328 e. The van der Waals surface area contributed by atoms with E-state index in [0.717, 1.165) is 0 Å². The lowest BCUT2D eigenvalue weighted by molar-refractivity contribution is -0.146. The largest absolute Gasteiger partial charge is 0.467 e. The molecule has 0 aliphatic carbocycles. The standard InChI is InChI=1S/C12H22N2O4/c1-7(2)10(12(16)18-4)14-11(15)9-5-8(17-3)6-13-9/h7-10,13H,5-6H2,1-4H3,(H,14,15). The smallest absolute Gasteiger partial charge is 0.328 e. The van der Waals surface area contributed by atoms with Crippen molar-refractivity contribution in [3.05, 3.63) is 0 Å². The van der Waals surface area contributed by atoms with Gasteiger partial charge in [-0.25, -0.2) is 4.79 Å². The van der Waals surface area contributed by atoms with Crippen LogP contribution >= 0.6 is 0 Å². The van der Waals surface area contributed by atoms with E-state index in [4.69, 9.17) is 4.74 Å². The monoisotopic (exact) mass is 258 g/mol. The first-order valence-corrected chi connectivity index (χ1v) is 6.14. The molecule has 1 fully saturated rings. The fourth-order valence-corrected chi connectivity index (χ4v) is 1.96. The van der Waals surface area contributed by atoms with E-state index in [1.807, 2.05) is 13.8 Å². The molecule has 0 radical (unpaired) electrons. The maximum absolute atomic E-state index is 12.0. The van der Waals surface area contributed by atoms with Crippen LogP contribution in [0.25, 0.3) is 0 Å². The molecule has 1 heterocycles. The lowest BCUT2D eigenvalue weighted by Gasteiger charge is -2.21. The zero-order valence-electron chi connectivity index (χ0n) is 11.4. The van der Waals surface area contributed by atoms with E-state index in [1.54, 1.807) is 7.11 Å². The number of nitrogens with one attached hydrogen (secondary N) is 2. The highest BCUT2D eigenvalue weighted by Gasteiger charge is 2.33. The van der Waals surface area contributed by atoms with E-state index >= 15 is 0 Å². The van der Waals surface area contributed by atoms with Gasteiger partial charge in [-0.05, 0) is 12.3 Å². The summed E-state index contributed by atoms with van der Waals surface area (Å²) in [6.07, 6.45) is 0.672. The molecule has 18 heavy (non-hydrogen) atoms. The second-order valence-electron chi connectivity index (χ2n) is 4.81. The van der Waals surface area contributed by atoms with Gasteiger partial charge in [0.25, 0.3) is 0 Å². The molecule has 0 bridgehead atoms. The Balaban J connectivity index is 2.54. The molecule has 1 saturated heterocycles. The summed E-state index contributed by atoms with van der Waals surface area (Å²) < 4.78 is 9.86. The molecule has 1 aliphatic heterocycles. The highest BCUT2D eigenvalue weighted by atomic mass is 16.5. The molecular weight excluding hydrogens is 236 g/mol. The van der Waals surface area contributed by atoms with Crippen molar-refractivity contribution in [2.75, 3.05) is 20.8 Å². The summed E-state index contributed by atoms with van der Waals surface area (Å²) in [6.45, 7) is 4.38. The second kappa shape index (κ2) is 6.70. The number of ether oxygens (including phenoxy) is 2. The van der Waals surface area contributed by atoms with E-state index in [2.05, 4.69) is 15.4 Å². The van der Waals surface area contributed by atoms with Crippen LogP contribution in [-0.4, -0.2) is 50.8 Å². The normalized spacial score (nSPS) is 24.9. The SMILES string of the molecule is COC(=O)C(NC(=O)C1CC(OC)CN1)C(C)C. The Morgan fingerprint density at radius 1 is 1.33 bits per heavy atom. The Hall–Kier alpha value is -1.14. The maximum atomic E-state index is 12.0. The molecule has 0 aromatic rings. The molecule has 1 aliphatic rings. The number of hydrogen-bond donors (Lipinski definition) is 2. The van der Waals surface area contributed by atoms with Crippen LogP contribution in [0.4, 0.5) is 0 Å². The topological polar surface area (TPSA) is 76.7 Å². The van der Waals surface area contributed by atoms with Crippen LogP contribution in [0.15, 0.2) is 0 Å². The lowest BCUT2D eigenvalue weighted by Crippen LogP contribution is -2.50. The number of carbonyl (C=O) groups is 2. The van der Waals surface area contributed by atoms with Crippen molar-refractivity contribution in [1.82, 2.24) is 10.6 Å². The third-order valence-electron chi connectivity index (χ3n) is 3.16. The summed E-state index contributed by atoms with van der Waals surface area (Å²) in [6, 6.07) is -0.910. The average Bonchev–Trinajstić information content (AvgIpc) is 2.83. The van der Waals surface area contributed by atoms with Gasteiger partial charge in [0.15, 0.2) is 0 Å².